The highest BCUT2D eigenvalue weighted by Crippen LogP contribution is 2.41. The van der Waals surface area contributed by atoms with Gasteiger partial charge in [0.25, 0.3) is 11.2 Å². The lowest BCUT2D eigenvalue weighted by atomic mass is 9.90. The Labute approximate surface area is 313 Å². The van der Waals surface area contributed by atoms with Gasteiger partial charge >= 0.3 is 5.97 Å². The number of nitro benzene ring substituents is 1. The van der Waals surface area contributed by atoms with Crippen LogP contribution in [0.1, 0.15) is 31.0 Å². The fourth-order valence-electron chi connectivity index (χ4n) is 6.00. The number of aromatic nitrogens is 4. The minimum atomic E-state index is -0.930. The maximum absolute atomic E-state index is 14.4. The van der Waals surface area contributed by atoms with Crippen LogP contribution in [0.2, 0.25) is 10.0 Å². The first-order valence-electron chi connectivity index (χ1n) is 15.7. The van der Waals surface area contributed by atoms with E-state index < -0.39 is 22.5 Å². The van der Waals surface area contributed by atoms with E-state index in [1.165, 1.54) is 17.7 Å². The monoisotopic (exact) mass is 772 g/mol. The number of thiazole rings is 1. The quantitative estimate of drug-likeness (QED) is 0.0920. The first-order valence-corrected chi connectivity index (χ1v) is 18.1. The van der Waals surface area contributed by atoms with Crippen LogP contribution in [0.15, 0.2) is 104 Å². The third-order valence-electron chi connectivity index (χ3n) is 8.27. The first kappa shape index (κ1) is 35.1. The number of rotatable bonds is 9. The number of aromatic amines is 1. The lowest BCUT2D eigenvalue weighted by Crippen LogP contribution is -2.40. The molecule has 7 rings (SSSR count). The van der Waals surface area contributed by atoms with Gasteiger partial charge < -0.3 is 9.47 Å². The van der Waals surface area contributed by atoms with Crippen molar-refractivity contribution in [1.29, 1.82) is 0 Å². The molecule has 0 fully saturated rings. The predicted molar refractivity (Wildman–Crippen MR) is 200 cm³/mol. The zero-order valence-corrected chi connectivity index (χ0v) is 30.7. The zero-order chi connectivity index (χ0) is 36.7. The lowest BCUT2D eigenvalue weighted by molar-refractivity contribution is -0.387. The van der Waals surface area contributed by atoms with Gasteiger partial charge in [0.1, 0.15) is 11.8 Å². The van der Waals surface area contributed by atoms with Crippen LogP contribution < -0.4 is 19.6 Å². The fourth-order valence-corrected chi connectivity index (χ4v) is 8.34. The third-order valence-corrected chi connectivity index (χ3v) is 10.7. The fraction of sp³-hybridized carbons (Fsp3) is 0.139. The van der Waals surface area contributed by atoms with Crippen molar-refractivity contribution in [2.75, 3.05) is 13.7 Å². The van der Waals surface area contributed by atoms with Gasteiger partial charge in [0.05, 0.1) is 44.4 Å². The number of nitrogens with zero attached hydrogens (tertiary/aromatic N) is 5. The number of esters is 1. The van der Waals surface area contributed by atoms with E-state index >= 15 is 0 Å². The standard InChI is InChI=1S/C36H26Cl2N6O6S2/c1-4-50-34(46)29-18(2)39-36-43(31(29)30-22-8-6-5-7-20(22)10-13-26(30)49-3)33(45)28(52-36)16-19-9-14-27(25(15-19)44(47)48)51-35-40-32(41-42-35)23-12-11-21(37)17-24(23)38/h5-17,31H,4H2,1-3H3,(H,40,41,42)/b28-16+/t31-/m1/s1. The summed E-state index contributed by atoms with van der Waals surface area (Å²) in [5, 5.41) is 22.0. The van der Waals surface area contributed by atoms with E-state index in [9.17, 15) is 19.7 Å². The van der Waals surface area contributed by atoms with Gasteiger partial charge in [-0.2, -0.15) is 0 Å². The summed E-state index contributed by atoms with van der Waals surface area (Å²) in [6, 6.07) is 20.0. The van der Waals surface area contributed by atoms with Crippen molar-refractivity contribution in [2.45, 2.75) is 29.9 Å². The van der Waals surface area contributed by atoms with Crippen LogP contribution in [0, 0.1) is 10.1 Å². The number of carbonyl (C=O) groups is 1. The van der Waals surface area contributed by atoms with E-state index in [1.807, 2.05) is 30.3 Å². The number of hydrogen-bond donors (Lipinski definition) is 1. The SMILES string of the molecule is CCOC(=O)C1=C(C)N=c2s/c(=C/c3ccc(Sc4n[nH]c(-c5ccc(Cl)cc5Cl)n4)c([N+](=O)[O-])c3)c(=O)n2[C@H]1c1c(OC)ccc2ccccc12. The molecule has 0 saturated heterocycles. The van der Waals surface area contributed by atoms with Gasteiger partial charge in [-0.05, 0) is 78.4 Å². The summed E-state index contributed by atoms with van der Waals surface area (Å²) in [5.41, 5.74) is 1.55. The number of nitro groups is 1. The molecule has 0 bridgehead atoms. The second kappa shape index (κ2) is 14.4. The number of H-pyrrole nitrogens is 1. The Morgan fingerprint density at radius 1 is 1.13 bits per heavy atom. The second-order valence-electron chi connectivity index (χ2n) is 11.4. The average molecular weight is 774 g/mol. The zero-order valence-electron chi connectivity index (χ0n) is 27.5. The van der Waals surface area contributed by atoms with E-state index in [0.717, 1.165) is 33.9 Å². The number of fused-ring (bicyclic) bond motifs is 2. The predicted octanol–water partition coefficient (Wildman–Crippen LogP) is 7.11. The molecule has 6 aromatic rings. The van der Waals surface area contributed by atoms with Crippen molar-refractivity contribution in [2.24, 2.45) is 4.99 Å². The molecule has 0 saturated carbocycles. The Hall–Kier alpha value is -5.28. The molecule has 3 heterocycles. The molecule has 0 radical (unpaired) electrons. The van der Waals surface area contributed by atoms with Gasteiger partial charge in [-0.3, -0.25) is 24.6 Å². The molecule has 1 atom stereocenters. The summed E-state index contributed by atoms with van der Waals surface area (Å²) >= 11 is 14.4. The van der Waals surface area contributed by atoms with Crippen LogP contribution in [0.5, 0.6) is 5.75 Å². The van der Waals surface area contributed by atoms with Crippen molar-refractivity contribution in [3.8, 4) is 17.1 Å². The van der Waals surface area contributed by atoms with Crippen LogP contribution in [0.4, 0.5) is 5.69 Å². The number of carbonyl (C=O) groups excluding carboxylic acids is 1. The van der Waals surface area contributed by atoms with Gasteiger partial charge in [0.15, 0.2) is 10.6 Å². The third kappa shape index (κ3) is 6.50. The molecule has 1 N–H and O–H groups in total. The van der Waals surface area contributed by atoms with E-state index in [1.54, 1.807) is 56.3 Å². The molecule has 1 aliphatic heterocycles. The molecular weight excluding hydrogens is 747 g/mol. The minimum absolute atomic E-state index is 0.126. The van der Waals surface area contributed by atoms with Crippen molar-refractivity contribution in [3.05, 3.63) is 135 Å². The van der Waals surface area contributed by atoms with Crippen LogP contribution in [-0.2, 0) is 9.53 Å². The van der Waals surface area contributed by atoms with Gasteiger partial charge in [-0.25, -0.2) is 14.8 Å². The molecule has 1 aliphatic rings. The molecular formula is C36H26Cl2N6O6S2. The Balaban J connectivity index is 1.32. The van der Waals surface area contributed by atoms with Crippen LogP contribution in [0.3, 0.4) is 0 Å². The lowest BCUT2D eigenvalue weighted by Gasteiger charge is -2.27. The summed E-state index contributed by atoms with van der Waals surface area (Å²) in [7, 11) is 1.53. The average Bonchev–Trinajstić information content (AvgIpc) is 3.71. The van der Waals surface area contributed by atoms with Crippen molar-refractivity contribution in [1.82, 2.24) is 19.7 Å². The smallest absolute Gasteiger partial charge is 0.338 e. The van der Waals surface area contributed by atoms with E-state index in [2.05, 4.69) is 20.2 Å². The van der Waals surface area contributed by atoms with Crippen LogP contribution in [0.25, 0.3) is 28.2 Å². The minimum Gasteiger partial charge on any atom is -0.496 e. The van der Waals surface area contributed by atoms with Gasteiger partial charge in [-0.1, -0.05) is 70.9 Å². The summed E-state index contributed by atoms with van der Waals surface area (Å²) in [4.78, 5) is 49.4. The number of halogens is 2. The number of benzene rings is 4. The normalized spacial score (nSPS) is 14.3. The highest BCUT2D eigenvalue weighted by atomic mass is 35.5. The Kier molecular flexibility index (Phi) is 9.72. The number of ether oxygens (including phenoxy) is 2. The number of methoxy groups -OCH3 is 1. The maximum atomic E-state index is 14.4. The van der Waals surface area contributed by atoms with Crippen molar-refractivity contribution >= 4 is 74.8 Å². The summed E-state index contributed by atoms with van der Waals surface area (Å²) in [6.07, 6.45) is 1.57. The van der Waals surface area contributed by atoms with E-state index in [-0.39, 0.29) is 32.5 Å². The van der Waals surface area contributed by atoms with Crippen LogP contribution >= 0.6 is 46.3 Å². The molecule has 0 spiro atoms. The van der Waals surface area contributed by atoms with Gasteiger partial charge in [-0.15, -0.1) is 5.10 Å². The first-order chi connectivity index (χ1) is 25.1. The Bertz CT molecular complexity index is 2650. The maximum Gasteiger partial charge on any atom is 0.338 e. The molecule has 16 heteroatoms. The molecule has 0 amide bonds. The van der Waals surface area contributed by atoms with Gasteiger partial charge in [0, 0.05) is 22.2 Å². The Morgan fingerprint density at radius 3 is 2.69 bits per heavy atom. The summed E-state index contributed by atoms with van der Waals surface area (Å²) < 4.78 is 13.0. The summed E-state index contributed by atoms with van der Waals surface area (Å²) in [6.45, 7) is 3.54. The highest BCUT2D eigenvalue weighted by Gasteiger charge is 2.36. The second-order valence-corrected chi connectivity index (χ2v) is 14.2. The van der Waals surface area contributed by atoms with E-state index in [0.29, 0.717) is 48.8 Å². The topological polar surface area (TPSA) is 155 Å². The Morgan fingerprint density at radius 2 is 1.94 bits per heavy atom. The molecule has 4 aromatic carbocycles. The van der Waals surface area contributed by atoms with E-state index in [4.69, 9.17) is 32.7 Å². The summed E-state index contributed by atoms with van der Waals surface area (Å²) in [5.74, 6) is 0.254. The molecule has 0 aliphatic carbocycles. The van der Waals surface area contributed by atoms with Crippen molar-refractivity contribution in [3.63, 3.8) is 0 Å². The molecule has 262 valence electrons. The molecule has 12 nitrogen and oxygen atoms in total. The largest absolute Gasteiger partial charge is 0.496 e. The molecule has 2 aromatic heterocycles. The van der Waals surface area contributed by atoms with Crippen LogP contribution in [-0.4, -0.2) is 44.4 Å². The number of hydrogen-bond acceptors (Lipinski definition) is 11. The molecule has 0 unspecified atom stereocenters. The molecule has 52 heavy (non-hydrogen) atoms. The highest BCUT2D eigenvalue weighted by molar-refractivity contribution is 7.99. The number of nitrogens with one attached hydrogen (secondary N) is 1. The van der Waals surface area contributed by atoms with Crippen molar-refractivity contribution < 1.29 is 19.2 Å². The number of allylic oxidation sites excluding steroid dienone is 1. The van der Waals surface area contributed by atoms with Gasteiger partial charge in [0.2, 0.25) is 5.16 Å².